The standard InChI is InChI=1S/C10H12F3N/c1-6(2)14-5-7-3-9(12)10(13)4-8(7)11/h3-4,6,14H,5H2,1-2H3. The molecule has 0 aliphatic rings. The summed E-state index contributed by atoms with van der Waals surface area (Å²) in [5, 5.41) is 2.92. The number of halogens is 3. The van der Waals surface area contributed by atoms with Gasteiger partial charge in [-0.15, -0.1) is 0 Å². The summed E-state index contributed by atoms with van der Waals surface area (Å²) in [5.41, 5.74) is 0.137. The van der Waals surface area contributed by atoms with Crippen molar-refractivity contribution in [2.24, 2.45) is 0 Å². The molecule has 0 aliphatic heterocycles. The van der Waals surface area contributed by atoms with Crippen LogP contribution < -0.4 is 5.32 Å². The van der Waals surface area contributed by atoms with Crippen molar-refractivity contribution in [2.75, 3.05) is 0 Å². The van der Waals surface area contributed by atoms with Crippen molar-refractivity contribution >= 4 is 0 Å². The molecule has 0 aliphatic carbocycles. The van der Waals surface area contributed by atoms with Gasteiger partial charge in [0.25, 0.3) is 0 Å². The number of hydrogen-bond acceptors (Lipinski definition) is 1. The second-order valence-corrected chi connectivity index (χ2v) is 3.39. The highest BCUT2D eigenvalue weighted by molar-refractivity contribution is 5.19. The Morgan fingerprint density at radius 1 is 1.07 bits per heavy atom. The van der Waals surface area contributed by atoms with Gasteiger partial charge in [0, 0.05) is 24.2 Å². The Morgan fingerprint density at radius 2 is 1.64 bits per heavy atom. The van der Waals surface area contributed by atoms with Crippen LogP contribution in [0.15, 0.2) is 12.1 Å². The Morgan fingerprint density at radius 3 is 2.21 bits per heavy atom. The lowest BCUT2D eigenvalue weighted by Crippen LogP contribution is -2.22. The van der Waals surface area contributed by atoms with Crippen LogP contribution in [0.1, 0.15) is 19.4 Å². The minimum Gasteiger partial charge on any atom is -0.310 e. The van der Waals surface area contributed by atoms with E-state index in [1.807, 2.05) is 13.8 Å². The first-order valence-corrected chi connectivity index (χ1v) is 4.37. The SMILES string of the molecule is CC(C)NCc1cc(F)c(F)cc1F. The van der Waals surface area contributed by atoms with Crippen LogP contribution in [0.25, 0.3) is 0 Å². The van der Waals surface area contributed by atoms with Crippen molar-refractivity contribution in [2.45, 2.75) is 26.4 Å². The van der Waals surface area contributed by atoms with E-state index in [0.717, 1.165) is 6.07 Å². The maximum atomic E-state index is 13.0. The molecule has 78 valence electrons. The first-order chi connectivity index (χ1) is 6.50. The van der Waals surface area contributed by atoms with E-state index in [1.165, 1.54) is 0 Å². The molecule has 0 spiro atoms. The molecule has 0 atom stereocenters. The van der Waals surface area contributed by atoms with Gasteiger partial charge < -0.3 is 5.32 Å². The van der Waals surface area contributed by atoms with Crippen LogP contribution in [0.5, 0.6) is 0 Å². The van der Waals surface area contributed by atoms with Gasteiger partial charge in [-0.2, -0.15) is 0 Å². The van der Waals surface area contributed by atoms with Crippen LogP contribution >= 0.6 is 0 Å². The molecule has 1 aromatic carbocycles. The van der Waals surface area contributed by atoms with Crippen LogP contribution in [-0.4, -0.2) is 6.04 Å². The molecule has 1 N–H and O–H groups in total. The minimum absolute atomic E-state index is 0.137. The molecule has 0 aromatic heterocycles. The molecule has 0 bridgehead atoms. The molecule has 1 aromatic rings. The Kier molecular flexibility index (Phi) is 3.52. The summed E-state index contributed by atoms with van der Waals surface area (Å²) in [5.74, 6) is -2.90. The first kappa shape index (κ1) is 11.0. The van der Waals surface area contributed by atoms with E-state index < -0.39 is 17.5 Å². The van der Waals surface area contributed by atoms with Crippen molar-refractivity contribution in [3.63, 3.8) is 0 Å². The second kappa shape index (κ2) is 4.46. The lowest BCUT2D eigenvalue weighted by Gasteiger charge is -2.09. The zero-order valence-electron chi connectivity index (χ0n) is 8.07. The molecule has 1 nitrogen and oxygen atoms in total. The van der Waals surface area contributed by atoms with Crippen LogP contribution in [0, 0.1) is 17.5 Å². The van der Waals surface area contributed by atoms with Gasteiger partial charge in [-0.3, -0.25) is 0 Å². The molecule has 1 rings (SSSR count). The van der Waals surface area contributed by atoms with E-state index in [9.17, 15) is 13.2 Å². The summed E-state index contributed by atoms with van der Waals surface area (Å²) in [6.45, 7) is 3.97. The van der Waals surface area contributed by atoms with Crippen molar-refractivity contribution in [1.29, 1.82) is 0 Å². The fourth-order valence-corrected chi connectivity index (χ4v) is 1.01. The summed E-state index contributed by atoms with van der Waals surface area (Å²) < 4.78 is 38.3. The molecule has 0 radical (unpaired) electrons. The van der Waals surface area contributed by atoms with E-state index >= 15 is 0 Å². The summed E-state index contributed by atoms with van der Waals surface area (Å²) in [6, 6.07) is 1.61. The molecule has 4 heteroatoms. The minimum atomic E-state index is -1.16. The highest BCUT2D eigenvalue weighted by atomic mass is 19.2. The van der Waals surface area contributed by atoms with Crippen LogP contribution in [-0.2, 0) is 6.54 Å². The predicted molar refractivity (Wildman–Crippen MR) is 48.3 cm³/mol. The smallest absolute Gasteiger partial charge is 0.161 e. The molecule has 0 amide bonds. The van der Waals surface area contributed by atoms with E-state index in [0.29, 0.717) is 6.07 Å². The Hall–Kier alpha value is -1.03. The summed E-state index contributed by atoms with van der Waals surface area (Å²) in [6.07, 6.45) is 0. The third-order valence-corrected chi connectivity index (χ3v) is 1.79. The van der Waals surface area contributed by atoms with Crippen LogP contribution in [0.2, 0.25) is 0 Å². The Labute approximate surface area is 80.9 Å². The van der Waals surface area contributed by atoms with Crippen LogP contribution in [0.4, 0.5) is 13.2 Å². The average Bonchev–Trinajstić information content (AvgIpc) is 2.09. The molecular weight excluding hydrogens is 191 g/mol. The summed E-state index contributed by atoms with van der Waals surface area (Å²) in [4.78, 5) is 0. The normalized spacial score (nSPS) is 11.0. The van der Waals surface area contributed by atoms with Crippen LogP contribution in [0.3, 0.4) is 0 Å². The van der Waals surface area contributed by atoms with E-state index in [-0.39, 0.29) is 18.2 Å². The van der Waals surface area contributed by atoms with Crippen molar-refractivity contribution in [3.05, 3.63) is 35.1 Å². The number of hydrogen-bond donors (Lipinski definition) is 1. The van der Waals surface area contributed by atoms with E-state index in [2.05, 4.69) is 5.32 Å². The first-order valence-electron chi connectivity index (χ1n) is 4.37. The quantitative estimate of drug-likeness (QED) is 0.744. The fraction of sp³-hybridized carbons (Fsp3) is 0.400. The topological polar surface area (TPSA) is 12.0 Å². The monoisotopic (exact) mass is 203 g/mol. The number of benzene rings is 1. The molecule has 14 heavy (non-hydrogen) atoms. The van der Waals surface area contributed by atoms with E-state index in [4.69, 9.17) is 0 Å². The largest absolute Gasteiger partial charge is 0.310 e. The predicted octanol–water partition coefficient (Wildman–Crippen LogP) is 2.60. The number of rotatable bonds is 3. The number of nitrogens with one attached hydrogen (secondary N) is 1. The zero-order chi connectivity index (χ0) is 10.7. The third-order valence-electron chi connectivity index (χ3n) is 1.79. The second-order valence-electron chi connectivity index (χ2n) is 3.39. The molecule has 0 saturated carbocycles. The van der Waals surface area contributed by atoms with Gasteiger partial charge in [-0.05, 0) is 6.07 Å². The molecule has 0 heterocycles. The maximum absolute atomic E-state index is 13.0. The molecular formula is C10H12F3N. The van der Waals surface area contributed by atoms with Gasteiger partial charge in [-0.1, -0.05) is 13.8 Å². The lowest BCUT2D eigenvalue weighted by atomic mass is 10.2. The van der Waals surface area contributed by atoms with Gasteiger partial charge in [-0.25, -0.2) is 13.2 Å². The highest BCUT2D eigenvalue weighted by Crippen LogP contribution is 2.13. The fourth-order valence-electron chi connectivity index (χ4n) is 1.01. The lowest BCUT2D eigenvalue weighted by molar-refractivity contribution is 0.483. The van der Waals surface area contributed by atoms with Crippen molar-refractivity contribution in [1.82, 2.24) is 5.32 Å². The van der Waals surface area contributed by atoms with Crippen molar-refractivity contribution in [3.8, 4) is 0 Å². The maximum Gasteiger partial charge on any atom is 0.161 e. The highest BCUT2D eigenvalue weighted by Gasteiger charge is 2.09. The molecule has 0 unspecified atom stereocenters. The van der Waals surface area contributed by atoms with Crippen molar-refractivity contribution < 1.29 is 13.2 Å². The summed E-state index contributed by atoms with van der Waals surface area (Å²) in [7, 11) is 0. The van der Waals surface area contributed by atoms with Gasteiger partial charge >= 0.3 is 0 Å². The third kappa shape index (κ3) is 2.73. The van der Waals surface area contributed by atoms with Gasteiger partial charge in [0.05, 0.1) is 0 Å². The van der Waals surface area contributed by atoms with Gasteiger partial charge in [0.2, 0.25) is 0 Å². The Bertz CT molecular complexity index is 323. The van der Waals surface area contributed by atoms with E-state index in [1.54, 1.807) is 0 Å². The Balaban J connectivity index is 2.82. The van der Waals surface area contributed by atoms with Gasteiger partial charge in [0.15, 0.2) is 11.6 Å². The zero-order valence-corrected chi connectivity index (χ0v) is 8.07. The molecule has 0 saturated heterocycles. The molecule has 0 fully saturated rings. The summed E-state index contributed by atoms with van der Waals surface area (Å²) >= 11 is 0. The average molecular weight is 203 g/mol. The van der Waals surface area contributed by atoms with Gasteiger partial charge in [0.1, 0.15) is 5.82 Å².